The van der Waals surface area contributed by atoms with Crippen molar-refractivity contribution in [1.29, 1.82) is 0 Å². The number of hydrogen-bond acceptors (Lipinski definition) is 8. The Balaban J connectivity index is 1.60. The number of halogens is 3. The molecule has 2 aliphatic heterocycles. The predicted octanol–water partition coefficient (Wildman–Crippen LogP) is 2.28. The number of likely N-dealkylation sites (N-methyl/N-ethyl adjacent to an activating group) is 1. The van der Waals surface area contributed by atoms with Gasteiger partial charge in [-0.05, 0) is 18.6 Å². The lowest BCUT2D eigenvalue weighted by Crippen LogP contribution is -2.42. The number of rotatable bonds is 6. The maximum atomic E-state index is 13.6. The lowest BCUT2D eigenvalue weighted by Gasteiger charge is -2.31. The number of carbonyl (C=O) groups is 1. The number of hydrogen-bond donors (Lipinski definition) is 3. The monoisotopic (exact) mass is 496 g/mol. The van der Waals surface area contributed by atoms with Crippen molar-refractivity contribution in [3.63, 3.8) is 0 Å². The van der Waals surface area contributed by atoms with Gasteiger partial charge in [0.15, 0.2) is 0 Å². The number of aromatic nitrogens is 2. The molecule has 1 saturated heterocycles. The average molecular weight is 496 g/mol. The topological polar surface area (TPSA) is 112 Å². The third-order valence-electron chi connectivity index (χ3n) is 5.95. The van der Waals surface area contributed by atoms with Crippen LogP contribution in [0.15, 0.2) is 24.5 Å². The second-order valence-corrected chi connectivity index (χ2v) is 8.26. The number of aliphatic hydroxyl groups excluding tert-OH is 1. The summed E-state index contributed by atoms with van der Waals surface area (Å²) in [6.07, 6.45) is -2.22. The van der Waals surface area contributed by atoms with Crippen LogP contribution in [0.25, 0.3) is 11.3 Å². The highest BCUT2D eigenvalue weighted by Crippen LogP contribution is 2.40. The molecule has 0 radical (unpaired) electrons. The number of ether oxygens (including phenoxy) is 2. The molecular weight excluding hydrogens is 469 g/mol. The van der Waals surface area contributed by atoms with Crippen molar-refractivity contribution >= 4 is 11.7 Å². The van der Waals surface area contributed by atoms with Crippen molar-refractivity contribution < 1.29 is 32.5 Å². The molecule has 4 heterocycles. The molecule has 2 atom stereocenters. The fourth-order valence-electron chi connectivity index (χ4n) is 4.22. The van der Waals surface area contributed by atoms with E-state index in [1.165, 1.54) is 17.3 Å². The Bertz CT molecular complexity index is 1070. The van der Waals surface area contributed by atoms with Crippen LogP contribution in [0.2, 0.25) is 0 Å². The van der Waals surface area contributed by atoms with Gasteiger partial charge in [0.05, 0.1) is 32.2 Å². The molecule has 0 spiro atoms. The van der Waals surface area contributed by atoms with Gasteiger partial charge in [-0.3, -0.25) is 10.3 Å². The molecule has 2 aromatic heterocycles. The standard InChI is InChI=1S/C22H27F3N6O4/c1-30(7-8-32)21(33)31-6-4-14(11-31)35-20-17-16(28-12-29-20)3-5-26-18(17)13-9-15(22(23,24)25)19(34-2)27-10-13/h3,5,9-10,14,20,28-29,32H,4,6-8,11-12H2,1-2H3/t14-,20-/m0/s1. The molecule has 13 heteroatoms. The van der Waals surface area contributed by atoms with Crippen LogP contribution in [-0.2, 0) is 10.9 Å². The van der Waals surface area contributed by atoms with Gasteiger partial charge in [0.2, 0.25) is 5.88 Å². The van der Waals surface area contributed by atoms with Gasteiger partial charge in [-0.2, -0.15) is 13.2 Å². The van der Waals surface area contributed by atoms with Crippen LogP contribution in [0.5, 0.6) is 5.88 Å². The first-order valence-corrected chi connectivity index (χ1v) is 11.1. The van der Waals surface area contributed by atoms with Crippen LogP contribution in [0.3, 0.4) is 0 Å². The van der Waals surface area contributed by atoms with Gasteiger partial charge >= 0.3 is 12.2 Å². The SMILES string of the molecule is COc1ncc(-c2nccc3c2[C@H](O[C@H]2CCN(C(=O)N(C)CCO)C2)NCN3)cc1C(F)(F)F. The van der Waals surface area contributed by atoms with Gasteiger partial charge in [-0.1, -0.05) is 0 Å². The number of nitrogens with zero attached hydrogens (tertiary/aromatic N) is 4. The summed E-state index contributed by atoms with van der Waals surface area (Å²) in [6.45, 7) is 1.33. The summed E-state index contributed by atoms with van der Waals surface area (Å²) >= 11 is 0. The summed E-state index contributed by atoms with van der Waals surface area (Å²) in [5, 5.41) is 15.4. The molecule has 0 unspecified atom stereocenters. The summed E-state index contributed by atoms with van der Waals surface area (Å²) in [5.41, 5.74) is 0.699. The number of carbonyl (C=O) groups excluding carboxylic acids is 1. The van der Waals surface area contributed by atoms with Crippen molar-refractivity contribution in [2.75, 3.05) is 52.4 Å². The lowest BCUT2D eigenvalue weighted by molar-refractivity contribution is -0.139. The second-order valence-electron chi connectivity index (χ2n) is 8.26. The minimum absolute atomic E-state index is 0.127. The Labute approximate surface area is 200 Å². The summed E-state index contributed by atoms with van der Waals surface area (Å²) in [4.78, 5) is 23.8. The van der Waals surface area contributed by atoms with E-state index >= 15 is 0 Å². The molecular formula is C22H27F3N6O4. The number of alkyl halides is 3. The van der Waals surface area contributed by atoms with Crippen LogP contribution in [0.1, 0.15) is 23.8 Å². The van der Waals surface area contributed by atoms with Gasteiger partial charge in [0.1, 0.15) is 11.8 Å². The molecule has 0 aliphatic carbocycles. The highest BCUT2D eigenvalue weighted by Gasteiger charge is 2.37. The molecule has 2 aromatic rings. The number of likely N-dealkylation sites (tertiary alicyclic amines) is 1. The van der Waals surface area contributed by atoms with Crippen molar-refractivity contribution in [2.45, 2.75) is 24.9 Å². The minimum atomic E-state index is -4.65. The summed E-state index contributed by atoms with van der Waals surface area (Å²) in [5.74, 6) is -0.517. The Morgan fingerprint density at radius 2 is 2.17 bits per heavy atom. The third-order valence-corrected chi connectivity index (χ3v) is 5.95. The van der Waals surface area contributed by atoms with Crippen molar-refractivity contribution in [3.8, 4) is 17.1 Å². The Morgan fingerprint density at radius 3 is 2.89 bits per heavy atom. The molecule has 190 valence electrons. The van der Waals surface area contributed by atoms with Gasteiger partial charge in [0, 0.05) is 55.9 Å². The quantitative estimate of drug-likeness (QED) is 0.559. The number of anilines is 1. The van der Waals surface area contributed by atoms with Gasteiger partial charge in [-0.15, -0.1) is 0 Å². The minimum Gasteiger partial charge on any atom is -0.481 e. The second kappa shape index (κ2) is 10.2. The molecule has 0 aromatic carbocycles. The number of pyridine rings is 2. The Kier molecular flexibility index (Phi) is 7.28. The Morgan fingerprint density at radius 1 is 1.37 bits per heavy atom. The number of urea groups is 1. The van der Waals surface area contributed by atoms with Gasteiger partial charge in [-0.25, -0.2) is 9.78 Å². The number of aliphatic hydroxyl groups is 1. The van der Waals surface area contributed by atoms with Crippen molar-refractivity contribution in [3.05, 3.63) is 35.7 Å². The summed E-state index contributed by atoms with van der Waals surface area (Å²) < 4.78 is 51.8. The highest BCUT2D eigenvalue weighted by molar-refractivity contribution is 5.74. The first-order valence-electron chi connectivity index (χ1n) is 11.1. The van der Waals surface area contributed by atoms with Crippen LogP contribution in [-0.4, -0.2) is 84.1 Å². The molecule has 1 fully saturated rings. The fraction of sp³-hybridized carbons (Fsp3) is 0.500. The predicted molar refractivity (Wildman–Crippen MR) is 120 cm³/mol. The molecule has 2 amide bonds. The normalized spacial score (nSPS) is 19.8. The van der Waals surface area contributed by atoms with Gasteiger partial charge in [0.25, 0.3) is 0 Å². The lowest BCUT2D eigenvalue weighted by atomic mass is 10.0. The molecule has 10 nitrogen and oxygen atoms in total. The van der Waals surface area contributed by atoms with Crippen molar-refractivity contribution in [1.82, 2.24) is 25.1 Å². The van der Waals surface area contributed by atoms with E-state index in [-0.39, 0.29) is 30.9 Å². The molecule has 0 bridgehead atoms. The van der Waals surface area contributed by atoms with E-state index < -0.39 is 23.8 Å². The summed E-state index contributed by atoms with van der Waals surface area (Å²) in [6, 6.07) is 2.49. The zero-order chi connectivity index (χ0) is 25.2. The number of nitrogens with one attached hydrogen (secondary N) is 2. The van der Waals surface area contributed by atoms with Crippen LogP contribution in [0, 0.1) is 0 Å². The molecule has 3 N–H and O–H groups in total. The van der Waals surface area contributed by atoms with Crippen LogP contribution >= 0.6 is 0 Å². The maximum absolute atomic E-state index is 13.6. The molecule has 0 saturated carbocycles. The largest absolute Gasteiger partial charge is 0.481 e. The van der Waals surface area contributed by atoms with E-state index in [1.54, 1.807) is 18.0 Å². The zero-order valence-electron chi connectivity index (χ0n) is 19.3. The first kappa shape index (κ1) is 24.9. The van der Waals surface area contributed by atoms with E-state index in [0.29, 0.717) is 43.1 Å². The average Bonchev–Trinajstić information content (AvgIpc) is 3.31. The molecule has 4 rings (SSSR count). The van der Waals surface area contributed by atoms with Crippen molar-refractivity contribution in [2.24, 2.45) is 0 Å². The van der Waals surface area contributed by atoms with E-state index in [0.717, 1.165) is 13.2 Å². The highest BCUT2D eigenvalue weighted by atomic mass is 19.4. The Hall–Kier alpha value is -3.16. The third kappa shape index (κ3) is 5.26. The molecule has 35 heavy (non-hydrogen) atoms. The van der Waals surface area contributed by atoms with Gasteiger partial charge < -0.3 is 29.7 Å². The first-order chi connectivity index (χ1) is 16.7. The van der Waals surface area contributed by atoms with E-state index in [2.05, 4.69) is 20.6 Å². The van der Waals surface area contributed by atoms with Crippen LogP contribution < -0.4 is 15.4 Å². The molecule has 2 aliphatic rings. The van der Waals surface area contributed by atoms with Crippen LogP contribution in [0.4, 0.5) is 23.7 Å². The van der Waals surface area contributed by atoms with E-state index in [4.69, 9.17) is 14.6 Å². The smallest absolute Gasteiger partial charge is 0.421 e. The van der Waals surface area contributed by atoms with E-state index in [1.807, 2.05) is 0 Å². The number of fused-ring (bicyclic) bond motifs is 1. The zero-order valence-corrected chi connectivity index (χ0v) is 19.3. The maximum Gasteiger partial charge on any atom is 0.421 e. The fourth-order valence-corrected chi connectivity index (χ4v) is 4.22. The summed E-state index contributed by atoms with van der Waals surface area (Å²) in [7, 11) is 2.75. The number of amides is 2. The van der Waals surface area contributed by atoms with E-state index in [9.17, 15) is 18.0 Å². The number of methoxy groups -OCH3 is 1.